The van der Waals surface area contributed by atoms with Gasteiger partial charge in [-0.2, -0.15) is 18.3 Å². The summed E-state index contributed by atoms with van der Waals surface area (Å²) in [4.78, 5) is 10.3. The highest BCUT2D eigenvalue weighted by atomic mass is 19.4. The molecule has 0 aliphatic carbocycles. The topological polar surface area (TPSA) is 66.0 Å². The van der Waals surface area contributed by atoms with Gasteiger partial charge in [0.15, 0.2) is 5.69 Å². The van der Waals surface area contributed by atoms with Gasteiger partial charge in [-0.15, -0.1) is 0 Å². The van der Waals surface area contributed by atoms with Crippen LogP contribution in [0.5, 0.6) is 0 Å². The Morgan fingerprint density at radius 2 is 2.08 bits per heavy atom. The predicted molar refractivity (Wildman–Crippen MR) is 35.3 cm³/mol. The molecular weight excluding hydrogens is 189 g/mol. The van der Waals surface area contributed by atoms with Crippen molar-refractivity contribution < 1.29 is 23.1 Å². The average Bonchev–Trinajstić information content (AvgIpc) is 2.28. The van der Waals surface area contributed by atoms with Crippen LogP contribution in [-0.2, 0) is 6.18 Å². The highest BCUT2D eigenvalue weighted by molar-refractivity contribution is 5.87. The summed E-state index contributed by atoms with van der Waals surface area (Å²) in [6.07, 6.45) is -4.59. The number of carboxylic acids is 1. The number of hydrogen-bond donors (Lipinski definition) is 2. The van der Waals surface area contributed by atoms with Gasteiger partial charge in [-0.1, -0.05) is 0 Å². The molecule has 1 aromatic heterocycles. The minimum Gasteiger partial charge on any atom is -0.476 e. The van der Waals surface area contributed by atoms with Crippen LogP contribution < -0.4 is 0 Å². The van der Waals surface area contributed by atoms with Gasteiger partial charge in [0.2, 0.25) is 0 Å². The number of hydrogen-bond acceptors (Lipinski definition) is 2. The number of aromatic nitrogens is 2. The van der Waals surface area contributed by atoms with Crippen molar-refractivity contribution in [1.29, 1.82) is 0 Å². The van der Waals surface area contributed by atoms with Gasteiger partial charge in [-0.3, -0.25) is 5.10 Å². The Bertz CT molecular complexity index is 342. The Hall–Kier alpha value is -1.53. The van der Waals surface area contributed by atoms with Crippen molar-refractivity contribution >= 4 is 5.97 Å². The van der Waals surface area contributed by atoms with Crippen molar-refractivity contribution in [3.05, 3.63) is 17.0 Å². The van der Waals surface area contributed by atoms with E-state index in [9.17, 15) is 18.0 Å². The first-order chi connectivity index (χ1) is 5.84. The van der Waals surface area contributed by atoms with Crippen LogP contribution in [0.4, 0.5) is 13.2 Å². The number of nitrogens with one attached hydrogen (secondary N) is 1. The van der Waals surface area contributed by atoms with E-state index in [1.807, 2.05) is 0 Å². The number of halogens is 3. The van der Waals surface area contributed by atoms with E-state index in [2.05, 4.69) is 5.10 Å². The zero-order valence-corrected chi connectivity index (χ0v) is 6.44. The Morgan fingerprint density at radius 1 is 1.54 bits per heavy atom. The largest absolute Gasteiger partial charge is 0.476 e. The Balaban J connectivity index is 3.22. The number of carbonyl (C=O) groups is 1. The molecule has 2 N–H and O–H groups in total. The Labute approximate surface area is 70.4 Å². The van der Waals surface area contributed by atoms with E-state index in [0.717, 1.165) is 6.92 Å². The van der Waals surface area contributed by atoms with E-state index in [-0.39, 0.29) is 0 Å². The van der Waals surface area contributed by atoms with Gasteiger partial charge in [0.25, 0.3) is 0 Å². The minimum atomic E-state index is -4.59. The third-order valence-corrected chi connectivity index (χ3v) is 1.50. The molecule has 0 aliphatic heterocycles. The van der Waals surface area contributed by atoms with Gasteiger partial charge in [-0.05, 0) is 6.92 Å². The van der Waals surface area contributed by atoms with Crippen LogP contribution in [0.25, 0.3) is 0 Å². The molecule has 0 aliphatic rings. The van der Waals surface area contributed by atoms with Crippen LogP contribution in [0.15, 0.2) is 0 Å². The van der Waals surface area contributed by atoms with Crippen molar-refractivity contribution in [2.24, 2.45) is 0 Å². The second-order valence-corrected chi connectivity index (χ2v) is 2.38. The average molecular weight is 194 g/mol. The number of nitrogens with zero attached hydrogens (tertiary/aromatic N) is 1. The molecule has 0 aromatic carbocycles. The lowest BCUT2D eigenvalue weighted by molar-refractivity contribution is -0.141. The van der Waals surface area contributed by atoms with Gasteiger partial charge in [0.05, 0.1) is 0 Å². The molecule has 0 unspecified atom stereocenters. The number of carboxylic acid groups (broad SMARTS) is 1. The summed E-state index contributed by atoms with van der Waals surface area (Å²) in [5.74, 6) is -1.48. The molecule has 1 heterocycles. The highest BCUT2D eigenvalue weighted by Gasteiger charge is 2.36. The fraction of sp³-hybridized carbons (Fsp3) is 0.333. The highest BCUT2D eigenvalue weighted by Crippen LogP contribution is 2.30. The zero-order chi connectivity index (χ0) is 10.2. The van der Waals surface area contributed by atoms with E-state index < -0.39 is 29.1 Å². The van der Waals surface area contributed by atoms with Crippen molar-refractivity contribution in [2.75, 3.05) is 0 Å². The lowest BCUT2D eigenvalue weighted by atomic mass is 10.2. The van der Waals surface area contributed by atoms with E-state index in [1.165, 1.54) is 0 Å². The van der Waals surface area contributed by atoms with Gasteiger partial charge in [0.1, 0.15) is 5.69 Å². The zero-order valence-electron chi connectivity index (χ0n) is 6.44. The van der Waals surface area contributed by atoms with Gasteiger partial charge in [-0.25, -0.2) is 4.79 Å². The molecule has 0 radical (unpaired) electrons. The van der Waals surface area contributed by atoms with Crippen LogP contribution in [0.2, 0.25) is 0 Å². The van der Waals surface area contributed by atoms with Crippen LogP contribution in [0.3, 0.4) is 0 Å². The van der Waals surface area contributed by atoms with E-state index >= 15 is 0 Å². The second-order valence-electron chi connectivity index (χ2n) is 2.38. The molecule has 0 saturated carbocycles. The molecule has 7 heteroatoms. The molecule has 0 amide bonds. The summed E-state index contributed by atoms with van der Waals surface area (Å²) in [5.41, 5.74) is -2.13. The maximum absolute atomic E-state index is 12.1. The molecule has 0 saturated heterocycles. The molecule has 0 atom stereocenters. The van der Waals surface area contributed by atoms with Crippen LogP contribution in [0.1, 0.15) is 21.7 Å². The molecule has 0 fully saturated rings. The quantitative estimate of drug-likeness (QED) is 0.710. The summed E-state index contributed by atoms with van der Waals surface area (Å²) in [6, 6.07) is 0. The molecule has 0 spiro atoms. The Morgan fingerprint density at radius 3 is 2.31 bits per heavy atom. The smallest absolute Gasteiger partial charge is 0.433 e. The normalized spacial score (nSPS) is 11.7. The first-order valence-corrected chi connectivity index (χ1v) is 3.19. The van der Waals surface area contributed by atoms with E-state index in [0.29, 0.717) is 0 Å². The minimum absolute atomic E-state index is 0.403. The van der Waals surface area contributed by atoms with E-state index in [4.69, 9.17) is 5.11 Å². The summed E-state index contributed by atoms with van der Waals surface area (Å²) >= 11 is 0. The number of rotatable bonds is 1. The van der Waals surface area contributed by atoms with Crippen molar-refractivity contribution in [3.63, 3.8) is 0 Å². The fourth-order valence-corrected chi connectivity index (χ4v) is 0.882. The lowest BCUT2D eigenvalue weighted by Crippen LogP contribution is -2.08. The lowest BCUT2D eigenvalue weighted by Gasteiger charge is -2.03. The molecule has 4 nitrogen and oxygen atoms in total. The predicted octanol–water partition coefficient (Wildman–Crippen LogP) is 1.44. The number of aromatic carboxylic acids is 1. The first-order valence-electron chi connectivity index (χ1n) is 3.19. The second kappa shape index (κ2) is 2.75. The fourth-order valence-electron chi connectivity index (χ4n) is 0.882. The first kappa shape index (κ1) is 9.56. The third-order valence-electron chi connectivity index (χ3n) is 1.50. The standard InChI is InChI=1S/C6H5F3N2O2/c1-2-3(5(12)13)10-11-4(2)6(7,8)9/h1H3,(H,10,11)(H,12,13). The molecule has 72 valence electrons. The number of H-pyrrole nitrogens is 1. The molecule has 1 aromatic rings. The van der Waals surface area contributed by atoms with Gasteiger partial charge in [0, 0.05) is 5.56 Å². The monoisotopic (exact) mass is 194 g/mol. The van der Waals surface area contributed by atoms with Crippen LogP contribution in [-0.4, -0.2) is 21.3 Å². The molecule has 13 heavy (non-hydrogen) atoms. The summed E-state index contributed by atoms with van der Waals surface area (Å²) in [5, 5.41) is 13.1. The Kier molecular flexibility index (Phi) is 2.02. The van der Waals surface area contributed by atoms with Crippen molar-refractivity contribution in [2.45, 2.75) is 13.1 Å². The molecule has 0 bridgehead atoms. The summed E-state index contributed by atoms with van der Waals surface area (Å²) < 4.78 is 36.2. The molecule has 1 rings (SSSR count). The van der Waals surface area contributed by atoms with Gasteiger partial charge >= 0.3 is 12.1 Å². The van der Waals surface area contributed by atoms with E-state index in [1.54, 1.807) is 5.10 Å². The number of alkyl halides is 3. The van der Waals surface area contributed by atoms with Crippen LogP contribution in [0, 0.1) is 6.92 Å². The summed E-state index contributed by atoms with van der Waals surface area (Å²) in [6.45, 7) is 1.05. The third kappa shape index (κ3) is 1.63. The van der Waals surface area contributed by atoms with Crippen molar-refractivity contribution in [1.82, 2.24) is 10.2 Å². The maximum Gasteiger partial charge on any atom is 0.433 e. The van der Waals surface area contributed by atoms with Crippen molar-refractivity contribution in [3.8, 4) is 0 Å². The number of aromatic amines is 1. The summed E-state index contributed by atoms with van der Waals surface area (Å²) in [7, 11) is 0. The maximum atomic E-state index is 12.1. The van der Waals surface area contributed by atoms with Gasteiger partial charge < -0.3 is 5.11 Å². The SMILES string of the molecule is Cc1c(C(=O)O)n[nH]c1C(F)(F)F. The van der Waals surface area contributed by atoms with Crippen LogP contribution >= 0.6 is 0 Å². The molecular formula is C6H5F3N2O2.